The van der Waals surface area contributed by atoms with Crippen LogP contribution in [0.25, 0.3) is 11.3 Å². The summed E-state index contributed by atoms with van der Waals surface area (Å²) in [6.45, 7) is 5.58. The lowest BCUT2D eigenvalue weighted by molar-refractivity contribution is 0.0699. The summed E-state index contributed by atoms with van der Waals surface area (Å²) in [7, 11) is 1.75. The molecule has 4 rings (SSSR count). The largest absolute Gasteiger partial charge is 0.383 e. The van der Waals surface area contributed by atoms with E-state index in [1.54, 1.807) is 7.11 Å². The summed E-state index contributed by atoms with van der Waals surface area (Å²) in [5, 5.41) is 10.7. The van der Waals surface area contributed by atoms with Crippen molar-refractivity contribution in [2.45, 2.75) is 63.6 Å². The van der Waals surface area contributed by atoms with Gasteiger partial charge in [0.1, 0.15) is 5.82 Å². The van der Waals surface area contributed by atoms with Crippen LogP contribution >= 0.6 is 0 Å². The van der Waals surface area contributed by atoms with E-state index < -0.39 is 0 Å². The number of rotatable bonds is 10. The molecule has 1 atom stereocenters. The summed E-state index contributed by atoms with van der Waals surface area (Å²) in [6, 6.07) is 7.39. The molecule has 8 heteroatoms. The summed E-state index contributed by atoms with van der Waals surface area (Å²) in [5.41, 5.74) is 1.96. The molecule has 0 amide bonds. The molecular weight excluding hydrogens is 416 g/mol. The Morgan fingerprint density at radius 1 is 1.03 bits per heavy atom. The molecule has 0 radical (unpaired) electrons. The summed E-state index contributed by atoms with van der Waals surface area (Å²) in [4.78, 5) is 13.8. The maximum absolute atomic E-state index is 5.45. The minimum Gasteiger partial charge on any atom is -0.383 e. The van der Waals surface area contributed by atoms with E-state index in [4.69, 9.17) is 14.5 Å². The number of pyridine rings is 1. The van der Waals surface area contributed by atoms with Crippen molar-refractivity contribution in [3.05, 3.63) is 30.6 Å². The SMILES string of the molecule is COC[C@@H](C)NC1CCC(Nc2nccc(-c3ccnc(NCC4CCOCC4)c3)n2)CC1. The van der Waals surface area contributed by atoms with Gasteiger partial charge in [-0.05, 0) is 69.6 Å². The number of hydrogen-bond acceptors (Lipinski definition) is 8. The van der Waals surface area contributed by atoms with E-state index >= 15 is 0 Å². The van der Waals surface area contributed by atoms with E-state index in [1.165, 1.54) is 0 Å². The first-order valence-electron chi connectivity index (χ1n) is 12.3. The number of methoxy groups -OCH3 is 1. The van der Waals surface area contributed by atoms with Crippen molar-refractivity contribution in [1.82, 2.24) is 20.3 Å². The molecule has 1 aliphatic heterocycles. The first-order valence-corrected chi connectivity index (χ1v) is 12.3. The number of ether oxygens (including phenoxy) is 2. The number of nitrogens with zero attached hydrogens (tertiary/aromatic N) is 3. The lowest BCUT2D eigenvalue weighted by atomic mass is 9.91. The molecule has 2 aromatic rings. The Morgan fingerprint density at radius 3 is 2.58 bits per heavy atom. The predicted octanol–water partition coefficient (Wildman–Crippen LogP) is 3.72. The van der Waals surface area contributed by atoms with Crippen LogP contribution in [-0.4, -0.2) is 66.6 Å². The van der Waals surface area contributed by atoms with Gasteiger partial charge in [0.15, 0.2) is 0 Å². The van der Waals surface area contributed by atoms with Crippen LogP contribution in [0.2, 0.25) is 0 Å². The smallest absolute Gasteiger partial charge is 0.223 e. The fraction of sp³-hybridized carbons (Fsp3) is 0.640. The quantitative estimate of drug-likeness (QED) is 0.500. The molecule has 0 aromatic carbocycles. The van der Waals surface area contributed by atoms with E-state index in [2.05, 4.69) is 38.9 Å². The van der Waals surface area contributed by atoms with Gasteiger partial charge in [0, 0.05) is 63.0 Å². The average molecular weight is 455 g/mol. The highest BCUT2D eigenvalue weighted by Gasteiger charge is 2.22. The summed E-state index contributed by atoms with van der Waals surface area (Å²) in [6.07, 6.45) is 10.4. The molecule has 33 heavy (non-hydrogen) atoms. The average Bonchev–Trinajstić information content (AvgIpc) is 2.85. The highest BCUT2D eigenvalue weighted by molar-refractivity contribution is 5.63. The van der Waals surface area contributed by atoms with Crippen LogP contribution in [0.1, 0.15) is 45.4 Å². The maximum atomic E-state index is 5.45. The number of hydrogen-bond donors (Lipinski definition) is 3. The second-order valence-corrected chi connectivity index (χ2v) is 9.35. The lowest BCUT2D eigenvalue weighted by Gasteiger charge is -2.31. The summed E-state index contributed by atoms with van der Waals surface area (Å²) < 4.78 is 10.7. The Morgan fingerprint density at radius 2 is 1.79 bits per heavy atom. The lowest BCUT2D eigenvalue weighted by Crippen LogP contribution is -2.43. The van der Waals surface area contributed by atoms with Crippen molar-refractivity contribution in [2.24, 2.45) is 5.92 Å². The molecule has 1 saturated heterocycles. The molecule has 0 bridgehead atoms. The Kier molecular flexibility index (Phi) is 8.86. The molecule has 2 aliphatic rings. The topological polar surface area (TPSA) is 93.2 Å². The van der Waals surface area contributed by atoms with Gasteiger partial charge >= 0.3 is 0 Å². The van der Waals surface area contributed by atoms with Crippen molar-refractivity contribution in [3.63, 3.8) is 0 Å². The third-order valence-electron chi connectivity index (χ3n) is 6.62. The first-order chi connectivity index (χ1) is 16.2. The van der Waals surface area contributed by atoms with Gasteiger partial charge < -0.3 is 25.4 Å². The van der Waals surface area contributed by atoms with E-state index in [1.807, 2.05) is 24.5 Å². The van der Waals surface area contributed by atoms with Crippen LogP contribution in [0.15, 0.2) is 30.6 Å². The molecular formula is C25H38N6O2. The zero-order valence-corrected chi connectivity index (χ0v) is 19.9. The molecule has 2 aromatic heterocycles. The second kappa shape index (κ2) is 12.3. The van der Waals surface area contributed by atoms with Crippen molar-refractivity contribution >= 4 is 11.8 Å². The van der Waals surface area contributed by atoms with Crippen LogP contribution in [0.3, 0.4) is 0 Å². The van der Waals surface area contributed by atoms with E-state index in [0.717, 1.165) is 82.0 Å². The zero-order chi connectivity index (χ0) is 22.9. The minimum atomic E-state index is 0.390. The van der Waals surface area contributed by atoms with Gasteiger partial charge in [0.05, 0.1) is 12.3 Å². The second-order valence-electron chi connectivity index (χ2n) is 9.35. The third-order valence-corrected chi connectivity index (χ3v) is 6.62. The van der Waals surface area contributed by atoms with Crippen LogP contribution in [0.5, 0.6) is 0 Å². The van der Waals surface area contributed by atoms with Gasteiger partial charge in [-0.1, -0.05) is 0 Å². The highest BCUT2D eigenvalue weighted by atomic mass is 16.5. The number of nitrogens with one attached hydrogen (secondary N) is 3. The maximum Gasteiger partial charge on any atom is 0.223 e. The van der Waals surface area contributed by atoms with Gasteiger partial charge in [-0.25, -0.2) is 15.0 Å². The molecule has 1 saturated carbocycles. The Labute approximate surface area is 197 Å². The van der Waals surface area contributed by atoms with Crippen LogP contribution in [0.4, 0.5) is 11.8 Å². The fourth-order valence-corrected chi connectivity index (χ4v) is 4.76. The predicted molar refractivity (Wildman–Crippen MR) is 131 cm³/mol. The molecule has 1 aliphatic carbocycles. The van der Waals surface area contributed by atoms with Crippen LogP contribution in [-0.2, 0) is 9.47 Å². The molecule has 2 fully saturated rings. The standard InChI is InChI=1S/C25H38N6O2/c1-18(17-32-2)29-21-3-5-22(6-4-21)30-25-27-12-8-23(31-25)20-7-11-26-24(15-20)28-16-19-9-13-33-14-10-19/h7-8,11-12,15,18-19,21-22,29H,3-6,9-10,13-14,16-17H2,1-2H3,(H,26,28)(H,27,30,31)/t18-,21?,22?/m1/s1. The molecule has 0 unspecified atom stereocenters. The fourth-order valence-electron chi connectivity index (χ4n) is 4.76. The van der Waals surface area contributed by atoms with Gasteiger partial charge in [-0.15, -0.1) is 0 Å². The third kappa shape index (κ3) is 7.35. The van der Waals surface area contributed by atoms with E-state index in [0.29, 0.717) is 30.0 Å². The van der Waals surface area contributed by atoms with Crippen LogP contribution in [0, 0.1) is 5.92 Å². The summed E-state index contributed by atoms with van der Waals surface area (Å²) >= 11 is 0. The summed E-state index contributed by atoms with van der Waals surface area (Å²) in [5.74, 6) is 2.23. The molecule has 3 heterocycles. The minimum absolute atomic E-state index is 0.390. The van der Waals surface area contributed by atoms with Crippen molar-refractivity contribution in [3.8, 4) is 11.3 Å². The highest BCUT2D eigenvalue weighted by Crippen LogP contribution is 2.24. The van der Waals surface area contributed by atoms with Gasteiger partial charge in [-0.2, -0.15) is 0 Å². The number of anilines is 2. The van der Waals surface area contributed by atoms with Gasteiger partial charge in [-0.3, -0.25) is 0 Å². The van der Waals surface area contributed by atoms with Crippen LogP contribution < -0.4 is 16.0 Å². The zero-order valence-electron chi connectivity index (χ0n) is 19.9. The Balaban J connectivity index is 1.30. The molecule has 0 spiro atoms. The van der Waals surface area contributed by atoms with Gasteiger partial charge in [0.2, 0.25) is 5.95 Å². The first kappa shape index (κ1) is 23.9. The van der Waals surface area contributed by atoms with E-state index in [-0.39, 0.29) is 0 Å². The molecule has 8 nitrogen and oxygen atoms in total. The normalized spacial score (nSPS) is 22.6. The van der Waals surface area contributed by atoms with Crippen molar-refractivity contribution < 1.29 is 9.47 Å². The Hall–Kier alpha value is -2.29. The molecule has 180 valence electrons. The van der Waals surface area contributed by atoms with Crippen molar-refractivity contribution in [2.75, 3.05) is 44.1 Å². The monoisotopic (exact) mass is 454 g/mol. The molecule has 3 N–H and O–H groups in total. The van der Waals surface area contributed by atoms with Gasteiger partial charge in [0.25, 0.3) is 0 Å². The van der Waals surface area contributed by atoms with E-state index in [9.17, 15) is 0 Å². The Bertz CT molecular complexity index is 852. The van der Waals surface area contributed by atoms with Crippen molar-refractivity contribution in [1.29, 1.82) is 0 Å². The number of aromatic nitrogens is 3.